The fourth-order valence-electron chi connectivity index (χ4n) is 3.31. The minimum atomic E-state index is -0.0903. The number of carbonyl (C=O) groups excluding carboxylic acids is 2. The Labute approximate surface area is 145 Å². The Morgan fingerprint density at radius 3 is 2.80 bits per heavy atom. The highest BCUT2D eigenvalue weighted by atomic mass is 16.2. The van der Waals surface area contributed by atoms with Crippen molar-refractivity contribution in [3.05, 3.63) is 77.4 Å². The van der Waals surface area contributed by atoms with Crippen LogP contribution in [-0.4, -0.2) is 18.4 Å². The summed E-state index contributed by atoms with van der Waals surface area (Å²) < 4.78 is 0. The minimum Gasteiger partial charge on any atom is -0.352 e. The van der Waals surface area contributed by atoms with Crippen molar-refractivity contribution in [3.8, 4) is 0 Å². The van der Waals surface area contributed by atoms with Crippen molar-refractivity contribution in [1.82, 2.24) is 5.32 Å². The topological polar surface area (TPSA) is 58.2 Å². The van der Waals surface area contributed by atoms with E-state index in [0.717, 1.165) is 28.3 Å². The Balaban J connectivity index is 1.54. The molecule has 1 aliphatic rings. The van der Waals surface area contributed by atoms with Crippen molar-refractivity contribution in [3.63, 3.8) is 0 Å². The molecule has 2 N–H and O–H groups in total. The summed E-state index contributed by atoms with van der Waals surface area (Å²) in [6.07, 6.45) is 1.12. The molecule has 1 aliphatic heterocycles. The fraction of sp³-hybridized carbons (Fsp3) is 0.143. The highest BCUT2D eigenvalue weighted by Crippen LogP contribution is 2.21. The molecule has 3 aromatic rings. The summed E-state index contributed by atoms with van der Waals surface area (Å²) in [5.74, 6) is -0.168. The van der Waals surface area contributed by atoms with Gasteiger partial charge in [-0.25, -0.2) is 0 Å². The molecule has 0 saturated carbocycles. The lowest BCUT2D eigenvalue weighted by Crippen LogP contribution is -2.31. The minimum absolute atomic E-state index is 0.0774. The second-order valence-corrected chi connectivity index (χ2v) is 6.24. The maximum atomic E-state index is 12.5. The number of amides is 2. The predicted molar refractivity (Wildman–Crippen MR) is 98.8 cm³/mol. The summed E-state index contributed by atoms with van der Waals surface area (Å²) in [5, 5.41) is 7.95. The van der Waals surface area contributed by atoms with Crippen LogP contribution in [0, 0.1) is 0 Å². The molecule has 4 heteroatoms. The molecule has 0 spiro atoms. The van der Waals surface area contributed by atoms with E-state index < -0.39 is 0 Å². The van der Waals surface area contributed by atoms with Gasteiger partial charge in [0.05, 0.1) is 6.42 Å². The van der Waals surface area contributed by atoms with E-state index in [1.807, 2.05) is 54.6 Å². The lowest BCUT2D eigenvalue weighted by atomic mass is 9.99. The fourth-order valence-corrected chi connectivity index (χ4v) is 3.31. The monoisotopic (exact) mass is 330 g/mol. The number of carbonyl (C=O) groups is 2. The first-order chi connectivity index (χ1) is 12.2. The van der Waals surface area contributed by atoms with Crippen LogP contribution >= 0.6 is 0 Å². The van der Waals surface area contributed by atoms with Gasteiger partial charge in [-0.15, -0.1) is 0 Å². The van der Waals surface area contributed by atoms with Gasteiger partial charge in [-0.05, 0) is 40.5 Å². The zero-order valence-corrected chi connectivity index (χ0v) is 13.7. The summed E-state index contributed by atoms with van der Waals surface area (Å²) in [5.41, 5.74) is 3.32. The normalized spacial score (nSPS) is 13.2. The van der Waals surface area contributed by atoms with Crippen molar-refractivity contribution in [2.24, 2.45) is 0 Å². The Morgan fingerprint density at radius 2 is 1.88 bits per heavy atom. The molecule has 4 nitrogen and oxygen atoms in total. The van der Waals surface area contributed by atoms with Gasteiger partial charge in [0.1, 0.15) is 0 Å². The molecule has 0 radical (unpaired) electrons. The Hall–Kier alpha value is -3.14. The molecule has 25 heavy (non-hydrogen) atoms. The zero-order valence-electron chi connectivity index (χ0n) is 13.7. The maximum absolute atomic E-state index is 12.5. The molecule has 0 atom stereocenters. The number of anilines is 1. The molecular formula is C21H18N2O2. The number of rotatable bonds is 3. The molecule has 4 rings (SSSR count). The molecule has 0 fully saturated rings. The first-order valence-electron chi connectivity index (χ1n) is 8.38. The quantitative estimate of drug-likeness (QED) is 0.774. The van der Waals surface area contributed by atoms with Crippen LogP contribution in [0.1, 0.15) is 21.5 Å². The maximum Gasteiger partial charge on any atom is 0.251 e. The van der Waals surface area contributed by atoms with Gasteiger partial charge in [-0.2, -0.15) is 0 Å². The standard InChI is InChI=1S/C21H18N2O2/c24-20(12-16-6-3-5-14-4-1-2-7-18(14)16)23-17-9-8-15-10-11-22-21(25)19(15)13-17/h1-9,13H,10-12H2,(H,22,25)(H,23,24). The van der Waals surface area contributed by atoms with Crippen LogP contribution in [0.3, 0.4) is 0 Å². The van der Waals surface area contributed by atoms with Gasteiger partial charge >= 0.3 is 0 Å². The summed E-state index contributed by atoms with van der Waals surface area (Å²) in [4.78, 5) is 24.4. The van der Waals surface area contributed by atoms with E-state index >= 15 is 0 Å². The number of nitrogens with one attached hydrogen (secondary N) is 2. The van der Waals surface area contributed by atoms with E-state index in [-0.39, 0.29) is 11.8 Å². The molecule has 1 heterocycles. The molecule has 3 aromatic carbocycles. The van der Waals surface area contributed by atoms with Crippen LogP contribution in [0.15, 0.2) is 60.7 Å². The first-order valence-corrected chi connectivity index (χ1v) is 8.38. The van der Waals surface area contributed by atoms with E-state index in [1.54, 1.807) is 6.07 Å². The summed E-state index contributed by atoms with van der Waals surface area (Å²) >= 11 is 0. The second-order valence-electron chi connectivity index (χ2n) is 6.24. The number of hydrogen-bond acceptors (Lipinski definition) is 2. The Kier molecular flexibility index (Phi) is 3.94. The van der Waals surface area contributed by atoms with Gasteiger partial charge in [0.15, 0.2) is 0 Å². The summed E-state index contributed by atoms with van der Waals surface area (Å²) in [6.45, 7) is 0.665. The van der Waals surface area contributed by atoms with E-state index in [9.17, 15) is 9.59 Å². The highest BCUT2D eigenvalue weighted by molar-refractivity contribution is 6.00. The summed E-state index contributed by atoms with van der Waals surface area (Å²) in [7, 11) is 0. The molecule has 0 unspecified atom stereocenters. The molecule has 0 saturated heterocycles. The van der Waals surface area contributed by atoms with Gasteiger partial charge in [0.25, 0.3) is 5.91 Å². The number of benzene rings is 3. The van der Waals surface area contributed by atoms with Crippen molar-refractivity contribution < 1.29 is 9.59 Å². The number of hydrogen-bond donors (Lipinski definition) is 2. The van der Waals surface area contributed by atoms with Crippen molar-refractivity contribution in [2.45, 2.75) is 12.8 Å². The predicted octanol–water partition coefficient (Wildman–Crippen LogP) is 3.31. The van der Waals surface area contributed by atoms with Crippen molar-refractivity contribution >= 4 is 28.3 Å². The smallest absolute Gasteiger partial charge is 0.251 e. The lowest BCUT2D eigenvalue weighted by Gasteiger charge is -2.17. The van der Waals surface area contributed by atoms with Crippen LogP contribution in [0.25, 0.3) is 10.8 Å². The number of fused-ring (bicyclic) bond motifs is 2. The lowest BCUT2D eigenvalue weighted by molar-refractivity contribution is -0.115. The molecular weight excluding hydrogens is 312 g/mol. The van der Waals surface area contributed by atoms with Gasteiger partial charge in [0.2, 0.25) is 5.91 Å². The van der Waals surface area contributed by atoms with E-state index in [1.165, 1.54) is 0 Å². The van der Waals surface area contributed by atoms with Crippen molar-refractivity contribution in [1.29, 1.82) is 0 Å². The van der Waals surface area contributed by atoms with E-state index in [2.05, 4.69) is 10.6 Å². The van der Waals surface area contributed by atoms with Crippen LogP contribution in [0.2, 0.25) is 0 Å². The van der Waals surface area contributed by atoms with Crippen LogP contribution in [0.4, 0.5) is 5.69 Å². The summed E-state index contributed by atoms with van der Waals surface area (Å²) in [6, 6.07) is 19.6. The third-order valence-electron chi connectivity index (χ3n) is 4.55. The molecule has 0 bridgehead atoms. The third-order valence-corrected chi connectivity index (χ3v) is 4.55. The molecule has 124 valence electrons. The third kappa shape index (κ3) is 3.11. The van der Waals surface area contributed by atoms with E-state index in [0.29, 0.717) is 24.2 Å². The van der Waals surface area contributed by atoms with Crippen LogP contribution < -0.4 is 10.6 Å². The molecule has 0 aromatic heterocycles. The van der Waals surface area contributed by atoms with Crippen LogP contribution in [0.5, 0.6) is 0 Å². The first kappa shape index (κ1) is 15.4. The van der Waals surface area contributed by atoms with Gasteiger partial charge in [-0.3, -0.25) is 9.59 Å². The van der Waals surface area contributed by atoms with E-state index in [4.69, 9.17) is 0 Å². The second kappa shape index (κ2) is 6.40. The van der Waals surface area contributed by atoms with Gasteiger partial charge < -0.3 is 10.6 Å². The zero-order chi connectivity index (χ0) is 17.2. The highest BCUT2D eigenvalue weighted by Gasteiger charge is 2.17. The van der Waals surface area contributed by atoms with Crippen molar-refractivity contribution in [2.75, 3.05) is 11.9 Å². The Bertz CT molecular complexity index is 973. The average molecular weight is 330 g/mol. The van der Waals surface area contributed by atoms with Gasteiger partial charge in [-0.1, -0.05) is 48.5 Å². The Morgan fingerprint density at radius 1 is 1.04 bits per heavy atom. The molecule has 0 aliphatic carbocycles. The largest absolute Gasteiger partial charge is 0.352 e. The van der Waals surface area contributed by atoms with Crippen LogP contribution in [-0.2, 0) is 17.6 Å². The average Bonchev–Trinajstić information content (AvgIpc) is 2.63. The molecule has 2 amide bonds. The van der Waals surface area contributed by atoms with Gasteiger partial charge in [0, 0.05) is 17.8 Å². The SMILES string of the molecule is O=C(Cc1cccc2ccccc12)Nc1ccc2c(c1)C(=O)NCC2.